The molecule has 0 radical (unpaired) electrons. The molecule has 1 saturated heterocycles. The molecular formula is C15H25ClN2S. The van der Waals surface area contributed by atoms with E-state index in [-0.39, 0.29) is 0 Å². The van der Waals surface area contributed by atoms with Crippen LogP contribution in [0.2, 0.25) is 0 Å². The maximum Gasteiger partial charge on any atom is 0.110 e. The second-order valence-corrected chi connectivity index (χ2v) is 6.77. The molecule has 2 unspecified atom stereocenters. The summed E-state index contributed by atoms with van der Waals surface area (Å²) in [6, 6.07) is 0.447. The van der Waals surface area contributed by atoms with Gasteiger partial charge in [0.15, 0.2) is 0 Å². The number of nitrogens with zero attached hydrogens (tertiary/aromatic N) is 2. The lowest BCUT2D eigenvalue weighted by Gasteiger charge is -2.26. The fourth-order valence-electron chi connectivity index (χ4n) is 3.00. The highest BCUT2D eigenvalue weighted by atomic mass is 35.5. The maximum atomic E-state index is 5.84. The predicted octanol–water partition coefficient (Wildman–Crippen LogP) is 4.85. The van der Waals surface area contributed by atoms with E-state index in [9.17, 15) is 0 Å². The van der Waals surface area contributed by atoms with Crippen molar-refractivity contribution in [2.75, 3.05) is 13.1 Å². The summed E-state index contributed by atoms with van der Waals surface area (Å²) in [5.74, 6) is 1.47. The lowest BCUT2D eigenvalue weighted by Crippen LogP contribution is -2.28. The van der Waals surface area contributed by atoms with Gasteiger partial charge >= 0.3 is 0 Å². The molecule has 0 aliphatic carbocycles. The Hall–Kier alpha value is -0.120. The summed E-state index contributed by atoms with van der Waals surface area (Å²) in [4.78, 5) is 7.24. The molecule has 0 amide bonds. The van der Waals surface area contributed by atoms with Gasteiger partial charge in [0, 0.05) is 5.38 Å². The first-order valence-electron chi connectivity index (χ1n) is 7.49. The average molecular weight is 301 g/mol. The molecule has 4 heteroatoms. The minimum Gasteiger partial charge on any atom is -0.294 e. The molecule has 2 heterocycles. The Bertz CT molecular complexity index is 380. The minimum absolute atomic E-state index is 0.447. The Morgan fingerprint density at radius 1 is 1.47 bits per heavy atom. The Morgan fingerprint density at radius 3 is 3.00 bits per heavy atom. The molecule has 0 N–H and O–H groups in total. The van der Waals surface area contributed by atoms with Crippen molar-refractivity contribution in [2.24, 2.45) is 5.92 Å². The molecule has 1 fully saturated rings. The zero-order chi connectivity index (χ0) is 13.7. The van der Waals surface area contributed by atoms with Crippen LogP contribution in [0.25, 0.3) is 0 Å². The van der Waals surface area contributed by atoms with Crippen molar-refractivity contribution in [3.8, 4) is 0 Å². The molecule has 19 heavy (non-hydrogen) atoms. The third kappa shape index (κ3) is 4.17. The van der Waals surface area contributed by atoms with Crippen LogP contribution in [0.5, 0.6) is 0 Å². The van der Waals surface area contributed by atoms with Crippen LogP contribution in [-0.4, -0.2) is 23.0 Å². The second-order valence-electron chi connectivity index (χ2n) is 5.61. The zero-order valence-corrected chi connectivity index (χ0v) is 13.6. The van der Waals surface area contributed by atoms with Gasteiger partial charge < -0.3 is 0 Å². The SMILES string of the molecule is CCCC1CCCN(C(C)c2nc(CCl)cs2)CC1. The van der Waals surface area contributed by atoms with Gasteiger partial charge in [0.05, 0.1) is 17.6 Å². The number of halogens is 1. The first-order valence-corrected chi connectivity index (χ1v) is 8.90. The van der Waals surface area contributed by atoms with Gasteiger partial charge in [-0.1, -0.05) is 19.8 Å². The molecule has 0 saturated carbocycles. The monoisotopic (exact) mass is 300 g/mol. The number of hydrogen-bond donors (Lipinski definition) is 0. The number of alkyl halides is 1. The predicted molar refractivity (Wildman–Crippen MR) is 83.9 cm³/mol. The first kappa shape index (κ1) is 15.3. The molecule has 1 aromatic rings. The normalized spacial score (nSPS) is 23.2. The molecule has 2 nitrogen and oxygen atoms in total. The molecule has 0 bridgehead atoms. The molecule has 0 spiro atoms. The summed E-state index contributed by atoms with van der Waals surface area (Å²) >= 11 is 7.60. The van der Waals surface area contributed by atoms with Gasteiger partial charge in [0.25, 0.3) is 0 Å². The van der Waals surface area contributed by atoms with Crippen molar-refractivity contribution in [1.82, 2.24) is 9.88 Å². The van der Waals surface area contributed by atoms with E-state index in [1.807, 2.05) is 0 Å². The van der Waals surface area contributed by atoms with E-state index >= 15 is 0 Å². The Kier molecular flexibility index (Phi) is 6.11. The van der Waals surface area contributed by atoms with Gasteiger partial charge in [-0.25, -0.2) is 4.98 Å². The third-order valence-electron chi connectivity index (χ3n) is 4.19. The molecule has 1 aliphatic rings. The van der Waals surface area contributed by atoms with Gasteiger partial charge in [-0.05, 0) is 45.2 Å². The van der Waals surface area contributed by atoms with Crippen LogP contribution in [0.4, 0.5) is 0 Å². The lowest BCUT2D eigenvalue weighted by molar-refractivity contribution is 0.215. The highest BCUT2D eigenvalue weighted by molar-refractivity contribution is 7.09. The van der Waals surface area contributed by atoms with E-state index in [1.165, 1.54) is 50.2 Å². The first-order chi connectivity index (χ1) is 9.24. The van der Waals surface area contributed by atoms with Crippen molar-refractivity contribution < 1.29 is 0 Å². The number of likely N-dealkylation sites (tertiary alicyclic amines) is 1. The van der Waals surface area contributed by atoms with Crippen LogP contribution in [0, 0.1) is 5.92 Å². The van der Waals surface area contributed by atoms with Crippen LogP contribution in [0.3, 0.4) is 0 Å². The number of hydrogen-bond acceptors (Lipinski definition) is 3. The van der Waals surface area contributed by atoms with Gasteiger partial charge in [0.1, 0.15) is 5.01 Å². The molecule has 1 aliphatic heterocycles. The summed E-state index contributed by atoms with van der Waals surface area (Å²) < 4.78 is 0. The van der Waals surface area contributed by atoms with E-state index in [0.717, 1.165) is 11.6 Å². The Morgan fingerprint density at radius 2 is 2.32 bits per heavy atom. The van der Waals surface area contributed by atoms with E-state index in [0.29, 0.717) is 11.9 Å². The largest absolute Gasteiger partial charge is 0.294 e. The quantitative estimate of drug-likeness (QED) is 0.723. The van der Waals surface area contributed by atoms with E-state index < -0.39 is 0 Å². The van der Waals surface area contributed by atoms with Crippen molar-refractivity contribution in [1.29, 1.82) is 0 Å². The van der Waals surface area contributed by atoms with Crippen molar-refractivity contribution in [2.45, 2.75) is 57.9 Å². The number of thiazole rings is 1. The van der Waals surface area contributed by atoms with Crippen LogP contribution in [0.1, 0.15) is 62.7 Å². The highest BCUT2D eigenvalue weighted by Crippen LogP contribution is 2.29. The molecule has 2 rings (SSSR count). The van der Waals surface area contributed by atoms with Gasteiger partial charge in [-0.2, -0.15) is 0 Å². The van der Waals surface area contributed by atoms with Crippen molar-refractivity contribution in [3.05, 3.63) is 16.1 Å². The fraction of sp³-hybridized carbons (Fsp3) is 0.800. The number of aromatic nitrogens is 1. The average Bonchev–Trinajstić information content (AvgIpc) is 2.79. The summed E-state index contributed by atoms with van der Waals surface area (Å²) in [5.41, 5.74) is 1.02. The standard InChI is InChI=1S/C15H25ClN2S/c1-3-5-13-6-4-8-18(9-7-13)12(2)15-17-14(10-16)11-19-15/h11-13H,3-10H2,1-2H3. The van der Waals surface area contributed by atoms with E-state index in [4.69, 9.17) is 11.6 Å². The smallest absolute Gasteiger partial charge is 0.110 e. The Labute approximate surface area is 126 Å². The highest BCUT2D eigenvalue weighted by Gasteiger charge is 2.22. The lowest BCUT2D eigenvalue weighted by atomic mass is 9.96. The van der Waals surface area contributed by atoms with Crippen LogP contribution in [0.15, 0.2) is 5.38 Å². The van der Waals surface area contributed by atoms with Crippen molar-refractivity contribution >= 4 is 22.9 Å². The van der Waals surface area contributed by atoms with Gasteiger partial charge in [0.2, 0.25) is 0 Å². The topological polar surface area (TPSA) is 16.1 Å². The van der Waals surface area contributed by atoms with Gasteiger partial charge in [-0.3, -0.25) is 4.90 Å². The maximum absolute atomic E-state index is 5.84. The van der Waals surface area contributed by atoms with E-state index in [1.54, 1.807) is 11.3 Å². The summed E-state index contributed by atoms with van der Waals surface area (Å²) in [6.07, 6.45) is 6.82. The van der Waals surface area contributed by atoms with Crippen LogP contribution < -0.4 is 0 Å². The zero-order valence-electron chi connectivity index (χ0n) is 12.1. The molecule has 2 atom stereocenters. The van der Waals surface area contributed by atoms with E-state index in [2.05, 4.69) is 29.1 Å². The minimum atomic E-state index is 0.447. The van der Waals surface area contributed by atoms with Crippen LogP contribution in [-0.2, 0) is 5.88 Å². The van der Waals surface area contributed by atoms with Crippen molar-refractivity contribution in [3.63, 3.8) is 0 Å². The number of rotatable bonds is 5. The Balaban J connectivity index is 1.93. The second kappa shape index (κ2) is 7.61. The third-order valence-corrected chi connectivity index (χ3v) is 5.53. The van der Waals surface area contributed by atoms with Gasteiger partial charge in [-0.15, -0.1) is 22.9 Å². The summed E-state index contributed by atoms with van der Waals surface area (Å²) in [7, 11) is 0. The summed E-state index contributed by atoms with van der Waals surface area (Å²) in [6.45, 7) is 7.03. The fourth-order valence-corrected chi connectivity index (χ4v) is 4.14. The molecular weight excluding hydrogens is 276 g/mol. The molecule has 108 valence electrons. The summed E-state index contributed by atoms with van der Waals surface area (Å²) in [5, 5.41) is 3.32. The molecule has 1 aromatic heterocycles. The molecule has 0 aromatic carbocycles. The van der Waals surface area contributed by atoms with Crippen LogP contribution >= 0.6 is 22.9 Å².